The molecule has 1 aromatic rings. The van der Waals surface area contributed by atoms with Gasteiger partial charge in [0.15, 0.2) is 5.71 Å². The fraction of sp³-hybridized carbons (Fsp3) is 0.182. The molecular formula is C11H11N3O. The Kier molecular flexibility index (Phi) is 2.33. The molecule has 0 aromatic heterocycles. The lowest BCUT2D eigenvalue weighted by Gasteiger charge is -1.99. The van der Waals surface area contributed by atoms with Crippen molar-refractivity contribution >= 4 is 23.0 Å². The third-order valence-electron chi connectivity index (χ3n) is 2.23. The Morgan fingerprint density at radius 1 is 1.27 bits per heavy atom. The smallest absolute Gasteiger partial charge is 0.265 e. The summed E-state index contributed by atoms with van der Waals surface area (Å²) >= 11 is 0. The van der Waals surface area contributed by atoms with Crippen LogP contribution in [0.5, 0.6) is 0 Å². The number of aryl methyl sites for hydroxylation is 1. The van der Waals surface area contributed by atoms with E-state index in [1.54, 1.807) is 6.92 Å². The molecule has 4 nitrogen and oxygen atoms in total. The largest absolute Gasteiger partial charge is 0.291 e. The Bertz CT molecular complexity index is 474. The molecule has 1 N–H and O–H groups in total. The number of amides is 1. The van der Waals surface area contributed by atoms with E-state index in [9.17, 15) is 4.79 Å². The summed E-state index contributed by atoms with van der Waals surface area (Å²) < 4.78 is 0. The molecule has 0 bridgehead atoms. The fourth-order valence-corrected chi connectivity index (χ4v) is 1.35. The predicted molar refractivity (Wildman–Crippen MR) is 59.5 cm³/mol. The number of carbonyl (C=O) groups excluding carboxylic acids is 1. The Hall–Kier alpha value is -1.97. The zero-order valence-corrected chi connectivity index (χ0v) is 8.61. The summed E-state index contributed by atoms with van der Waals surface area (Å²) in [6.07, 6.45) is 0. The van der Waals surface area contributed by atoms with Crippen LogP contribution in [0.2, 0.25) is 0 Å². The molecule has 0 radical (unpaired) electrons. The maximum absolute atomic E-state index is 11.3. The highest BCUT2D eigenvalue weighted by Crippen LogP contribution is 2.18. The highest BCUT2D eigenvalue weighted by atomic mass is 16.2. The molecule has 15 heavy (non-hydrogen) atoms. The lowest BCUT2D eigenvalue weighted by Crippen LogP contribution is -2.21. The standard InChI is InChI=1S/C11H11N3O/c1-7-5-3-4-6-9(7)12-10-8(2)13-14-11(10)15/h3-6H,1-2H3,(H,12,14,15). The molecule has 1 aliphatic rings. The van der Waals surface area contributed by atoms with Crippen LogP contribution in [-0.4, -0.2) is 17.3 Å². The van der Waals surface area contributed by atoms with Gasteiger partial charge in [0.2, 0.25) is 0 Å². The highest BCUT2D eigenvalue weighted by molar-refractivity contribution is 6.68. The van der Waals surface area contributed by atoms with Gasteiger partial charge in [-0.25, -0.2) is 10.4 Å². The Morgan fingerprint density at radius 3 is 2.60 bits per heavy atom. The van der Waals surface area contributed by atoms with Gasteiger partial charge < -0.3 is 0 Å². The van der Waals surface area contributed by atoms with E-state index in [2.05, 4.69) is 15.5 Å². The number of carbonyl (C=O) groups is 1. The van der Waals surface area contributed by atoms with Crippen molar-refractivity contribution in [1.82, 2.24) is 5.43 Å². The maximum Gasteiger partial charge on any atom is 0.291 e. The van der Waals surface area contributed by atoms with Gasteiger partial charge in [0.1, 0.15) is 0 Å². The third-order valence-corrected chi connectivity index (χ3v) is 2.23. The van der Waals surface area contributed by atoms with Crippen LogP contribution >= 0.6 is 0 Å². The van der Waals surface area contributed by atoms with Crippen molar-refractivity contribution in [1.29, 1.82) is 0 Å². The van der Waals surface area contributed by atoms with Crippen LogP contribution in [0.3, 0.4) is 0 Å². The highest BCUT2D eigenvalue weighted by Gasteiger charge is 2.20. The lowest BCUT2D eigenvalue weighted by molar-refractivity contribution is -0.114. The van der Waals surface area contributed by atoms with Crippen molar-refractivity contribution in [2.45, 2.75) is 13.8 Å². The van der Waals surface area contributed by atoms with E-state index in [-0.39, 0.29) is 5.91 Å². The number of nitrogens with one attached hydrogen (secondary N) is 1. The average molecular weight is 201 g/mol. The van der Waals surface area contributed by atoms with Crippen molar-refractivity contribution < 1.29 is 4.79 Å². The molecule has 0 fully saturated rings. The molecule has 1 heterocycles. The number of nitrogens with zero attached hydrogens (tertiary/aromatic N) is 2. The van der Waals surface area contributed by atoms with Gasteiger partial charge in [-0.1, -0.05) is 18.2 Å². The van der Waals surface area contributed by atoms with Gasteiger partial charge in [0, 0.05) is 0 Å². The van der Waals surface area contributed by atoms with Crippen molar-refractivity contribution in [3.05, 3.63) is 29.8 Å². The van der Waals surface area contributed by atoms with Gasteiger partial charge in [-0.15, -0.1) is 0 Å². The molecule has 0 atom stereocenters. The second-order valence-corrected chi connectivity index (χ2v) is 3.39. The summed E-state index contributed by atoms with van der Waals surface area (Å²) in [7, 11) is 0. The Morgan fingerprint density at radius 2 is 2.00 bits per heavy atom. The van der Waals surface area contributed by atoms with Crippen LogP contribution in [0, 0.1) is 6.92 Å². The topological polar surface area (TPSA) is 53.8 Å². The van der Waals surface area contributed by atoms with Gasteiger partial charge in [-0.2, -0.15) is 5.10 Å². The van der Waals surface area contributed by atoms with Gasteiger partial charge in [-0.3, -0.25) is 4.79 Å². The zero-order chi connectivity index (χ0) is 10.8. The summed E-state index contributed by atoms with van der Waals surface area (Å²) in [6.45, 7) is 3.72. The molecule has 0 aliphatic carbocycles. The van der Waals surface area contributed by atoms with Crippen molar-refractivity contribution in [3.63, 3.8) is 0 Å². The van der Waals surface area contributed by atoms with E-state index in [4.69, 9.17) is 0 Å². The second-order valence-electron chi connectivity index (χ2n) is 3.39. The van der Waals surface area contributed by atoms with Gasteiger partial charge in [-0.05, 0) is 25.5 Å². The summed E-state index contributed by atoms with van der Waals surface area (Å²) in [6, 6.07) is 7.67. The summed E-state index contributed by atoms with van der Waals surface area (Å²) in [5, 5.41) is 3.81. The molecule has 2 rings (SSSR count). The van der Waals surface area contributed by atoms with Crippen molar-refractivity contribution in [2.75, 3.05) is 0 Å². The van der Waals surface area contributed by atoms with Gasteiger partial charge in [0.25, 0.3) is 5.91 Å². The molecular weight excluding hydrogens is 190 g/mol. The predicted octanol–water partition coefficient (Wildman–Crippen LogP) is 1.57. The van der Waals surface area contributed by atoms with Crippen LogP contribution in [0.4, 0.5) is 5.69 Å². The first-order chi connectivity index (χ1) is 7.18. The fourth-order valence-electron chi connectivity index (χ4n) is 1.35. The number of para-hydroxylation sites is 1. The number of aliphatic imine (C=N–C) groups is 1. The monoisotopic (exact) mass is 201 g/mol. The molecule has 1 amide bonds. The minimum atomic E-state index is -0.240. The van der Waals surface area contributed by atoms with Gasteiger partial charge >= 0.3 is 0 Å². The number of hydrazone groups is 1. The number of hydrogen-bond acceptors (Lipinski definition) is 3. The SMILES string of the molecule is CC1=NNC(=O)C1=Nc1ccccc1C. The molecule has 1 aliphatic heterocycles. The molecule has 4 heteroatoms. The number of hydrogen-bond donors (Lipinski definition) is 1. The Labute approximate surface area is 87.7 Å². The molecule has 0 spiro atoms. The number of benzene rings is 1. The summed E-state index contributed by atoms with van der Waals surface area (Å²) in [5.74, 6) is -0.240. The van der Waals surface area contributed by atoms with E-state index in [1.165, 1.54) is 0 Å². The number of rotatable bonds is 1. The average Bonchev–Trinajstić information content (AvgIpc) is 2.53. The van der Waals surface area contributed by atoms with E-state index in [1.807, 2.05) is 31.2 Å². The first-order valence-electron chi connectivity index (χ1n) is 4.68. The molecule has 0 saturated heterocycles. The minimum absolute atomic E-state index is 0.240. The molecule has 0 unspecified atom stereocenters. The van der Waals surface area contributed by atoms with E-state index in [0.29, 0.717) is 11.4 Å². The van der Waals surface area contributed by atoms with E-state index >= 15 is 0 Å². The first kappa shape index (κ1) is 9.58. The molecule has 76 valence electrons. The van der Waals surface area contributed by atoms with Gasteiger partial charge in [0.05, 0.1) is 11.4 Å². The second kappa shape index (κ2) is 3.65. The third kappa shape index (κ3) is 1.79. The quantitative estimate of drug-likeness (QED) is 0.736. The lowest BCUT2D eigenvalue weighted by atomic mass is 10.2. The van der Waals surface area contributed by atoms with Crippen LogP contribution < -0.4 is 5.43 Å². The van der Waals surface area contributed by atoms with Crippen molar-refractivity contribution in [3.8, 4) is 0 Å². The van der Waals surface area contributed by atoms with Crippen LogP contribution in [0.15, 0.2) is 34.4 Å². The Balaban J connectivity index is 2.43. The van der Waals surface area contributed by atoms with Crippen LogP contribution in [0.1, 0.15) is 12.5 Å². The summed E-state index contributed by atoms with van der Waals surface area (Å²) in [5.41, 5.74) is 5.24. The minimum Gasteiger partial charge on any atom is -0.265 e. The van der Waals surface area contributed by atoms with Crippen molar-refractivity contribution in [2.24, 2.45) is 10.1 Å². The van der Waals surface area contributed by atoms with E-state index < -0.39 is 0 Å². The molecule has 1 aromatic carbocycles. The van der Waals surface area contributed by atoms with Crippen LogP contribution in [0.25, 0.3) is 0 Å². The molecule has 0 saturated carbocycles. The first-order valence-corrected chi connectivity index (χ1v) is 4.68. The summed E-state index contributed by atoms with van der Waals surface area (Å²) in [4.78, 5) is 15.6. The van der Waals surface area contributed by atoms with E-state index in [0.717, 1.165) is 11.3 Å². The zero-order valence-electron chi connectivity index (χ0n) is 8.61. The van der Waals surface area contributed by atoms with Crippen LogP contribution in [-0.2, 0) is 4.79 Å². The normalized spacial score (nSPS) is 17.9. The maximum atomic E-state index is 11.3.